The number of ether oxygens (including phenoxy) is 2. The number of rotatable bonds is 17. The molecule has 5 heteroatoms. The van der Waals surface area contributed by atoms with Crippen molar-refractivity contribution in [2.24, 2.45) is 11.8 Å². The van der Waals surface area contributed by atoms with Gasteiger partial charge in [-0.05, 0) is 98.4 Å². The first-order valence-corrected chi connectivity index (χ1v) is 16.7. The molecule has 0 spiro atoms. The minimum absolute atomic E-state index is 0.00377. The second-order valence-electron chi connectivity index (χ2n) is 12.8. The molecule has 0 saturated heterocycles. The van der Waals surface area contributed by atoms with Crippen LogP contribution >= 0.6 is 0 Å². The largest absolute Gasteiger partial charge is 0.462 e. The van der Waals surface area contributed by atoms with Crippen molar-refractivity contribution in [1.82, 2.24) is 0 Å². The summed E-state index contributed by atoms with van der Waals surface area (Å²) in [6, 6.07) is 15.9. The molecule has 0 aliphatic heterocycles. The highest BCUT2D eigenvalue weighted by Crippen LogP contribution is 2.38. The van der Waals surface area contributed by atoms with Crippen LogP contribution in [-0.2, 0) is 31.9 Å². The van der Waals surface area contributed by atoms with Gasteiger partial charge in [-0.1, -0.05) is 95.2 Å². The molecule has 2 atom stereocenters. The highest BCUT2D eigenvalue weighted by molar-refractivity contribution is 5.88. The maximum Gasteiger partial charge on any atom is 0.336 e. The number of esters is 2. The minimum Gasteiger partial charge on any atom is -0.462 e. The van der Waals surface area contributed by atoms with E-state index in [1.54, 1.807) is 6.92 Å². The lowest BCUT2D eigenvalue weighted by Crippen LogP contribution is -2.24. The van der Waals surface area contributed by atoms with Gasteiger partial charge in [0.1, 0.15) is 0 Å². The lowest BCUT2D eigenvalue weighted by molar-refractivity contribution is -0.144. The van der Waals surface area contributed by atoms with Crippen LogP contribution in [0, 0.1) is 11.8 Å². The standard InChI is InChI=1S/C39H54O5/c1-7-9-10-11-30-14-17-34(18-15-30)35-19-21-36(22-20-35)37-23-16-31(24-33(37)8-2)12-13-32(25-43-38(41)27(3)4)26-44-39(42)28(5)29(6)40/h16,19-24,29-30,32,34,40H,3,5,7-15,17-18,25-26H2,1-2,4,6H3. The molecule has 2 aromatic carbocycles. The number of hydrogen-bond acceptors (Lipinski definition) is 5. The Kier molecular flexibility index (Phi) is 14.4. The van der Waals surface area contributed by atoms with Gasteiger partial charge in [-0.2, -0.15) is 0 Å². The highest BCUT2D eigenvalue weighted by atomic mass is 16.5. The van der Waals surface area contributed by atoms with Crippen LogP contribution in [0.4, 0.5) is 0 Å². The van der Waals surface area contributed by atoms with Gasteiger partial charge >= 0.3 is 11.9 Å². The monoisotopic (exact) mass is 602 g/mol. The summed E-state index contributed by atoms with van der Waals surface area (Å²) >= 11 is 0. The lowest BCUT2D eigenvalue weighted by Gasteiger charge is -2.29. The minimum atomic E-state index is -0.982. The summed E-state index contributed by atoms with van der Waals surface area (Å²) in [6.45, 7) is 15.0. The molecule has 2 aromatic rings. The Morgan fingerprint density at radius 3 is 2.18 bits per heavy atom. The fourth-order valence-corrected chi connectivity index (χ4v) is 6.14. The fraction of sp³-hybridized carbons (Fsp3) is 0.538. The van der Waals surface area contributed by atoms with Gasteiger partial charge in [0, 0.05) is 11.5 Å². The predicted octanol–water partition coefficient (Wildman–Crippen LogP) is 8.92. The van der Waals surface area contributed by atoms with Crippen molar-refractivity contribution in [2.75, 3.05) is 13.2 Å². The number of unbranched alkanes of at least 4 members (excludes halogenated alkanes) is 2. The van der Waals surface area contributed by atoms with Crippen molar-refractivity contribution < 1.29 is 24.2 Å². The van der Waals surface area contributed by atoms with E-state index in [1.165, 1.54) is 86.1 Å². The molecule has 0 heterocycles. The summed E-state index contributed by atoms with van der Waals surface area (Å²) in [5.41, 5.74) is 6.81. The Morgan fingerprint density at radius 1 is 0.932 bits per heavy atom. The SMILES string of the molecule is C=C(C)C(=O)OCC(CCc1ccc(-c2ccc(C3CCC(CCCCC)CC3)cc2)c(CC)c1)COC(=O)C(=C)C(C)O. The molecule has 240 valence electrons. The van der Waals surface area contributed by atoms with Crippen LogP contribution in [0.5, 0.6) is 0 Å². The van der Waals surface area contributed by atoms with E-state index in [0.29, 0.717) is 17.9 Å². The molecule has 0 radical (unpaired) electrons. The van der Waals surface area contributed by atoms with Crippen LogP contribution in [0.15, 0.2) is 66.8 Å². The molecular weight excluding hydrogens is 548 g/mol. The van der Waals surface area contributed by atoms with Crippen molar-refractivity contribution in [2.45, 2.75) is 110 Å². The molecule has 0 aromatic heterocycles. The summed E-state index contributed by atoms with van der Waals surface area (Å²) in [4.78, 5) is 24.2. The average molecular weight is 603 g/mol. The first-order chi connectivity index (χ1) is 21.1. The number of carbonyl (C=O) groups excluding carboxylic acids is 2. The second-order valence-corrected chi connectivity index (χ2v) is 12.8. The van der Waals surface area contributed by atoms with Gasteiger partial charge in [0.25, 0.3) is 0 Å². The number of carbonyl (C=O) groups is 2. The zero-order chi connectivity index (χ0) is 32.1. The van der Waals surface area contributed by atoms with Crippen LogP contribution in [-0.4, -0.2) is 36.4 Å². The second kappa shape index (κ2) is 17.9. The van der Waals surface area contributed by atoms with Crippen molar-refractivity contribution in [3.63, 3.8) is 0 Å². The van der Waals surface area contributed by atoms with Gasteiger partial charge in [0.2, 0.25) is 0 Å². The van der Waals surface area contributed by atoms with Gasteiger partial charge in [0.05, 0.1) is 24.9 Å². The van der Waals surface area contributed by atoms with Crippen molar-refractivity contribution in [3.8, 4) is 11.1 Å². The summed E-state index contributed by atoms with van der Waals surface area (Å²) < 4.78 is 10.8. The quantitative estimate of drug-likeness (QED) is 0.111. The van der Waals surface area contributed by atoms with Crippen LogP contribution < -0.4 is 0 Å². The van der Waals surface area contributed by atoms with E-state index >= 15 is 0 Å². The third-order valence-electron chi connectivity index (χ3n) is 9.16. The van der Waals surface area contributed by atoms with E-state index in [9.17, 15) is 14.7 Å². The molecule has 1 N–H and O–H groups in total. The van der Waals surface area contributed by atoms with Crippen molar-refractivity contribution in [3.05, 3.63) is 83.5 Å². The van der Waals surface area contributed by atoms with E-state index in [1.807, 2.05) is 0 Å². The fourth-order valence-electron chi connectivity index (χ4n) is 6.14. The number of aryl methyl sites for hydroxylation is 2. The number of benzene rings is 2. The average Bonchev–Trinajstić information content (AvgIpc) is 3.04. The summed E-state index contributed by atoms with van der Waals surface area (Å²) in [6.07, 6.45) is 12.2. The zero-order valence-electron chi connectivity index (χ0n) is 27.5. The van der Waals surface area contributed by atoms with Crippen LogP contribution in [0.3, 0.4) is 0 Å². The van der Waals surface area contributed by atoms with Crippen molar-refractivity contribution >= 4 is 11.9 Å². The van der Waals surface area contributed by atoms with Gasteiger partial charge in [-0.25, -0.2) is 9.59 Å². The normalized spacial score (nSPS) is 17.8. The van der Waals surface area contributed by atoms with Gasteiger partial charge in [-0.15, -0.1) is 0 Å². The molecule has 2 unspecified atom stereocenters. The molecule has 5 nitrogen and oxygen atoms in total. The molecule has 1 aliphatic carbocycles. The molecule has 0 amide bonds. The smallest absolute Gasteiger partial charge is 0.336 e. The summed E-state index contributed by atoms with van der Waals surface area (Å²) in [5, 5.41) is 9.63. The van der Waals surface area contributed by atoms with E-state index in [-0.39, 0.29) is 24.7 Å². The van der Waals surface area contributed by atoms with Gasteiger partial charge in [0.15, 0.2) is 0 Å². The van der Waals surface area contributed by atoms with E-state index in [4.69, 9.17) is 9.47 Å². The van der Waals surface area contributed by atoms with Crippen LogP contribution in [0.2, 0.25) is 0 Å². The molecule has 44 heavy (non-hydrogen) atoms. The summed E-state index contributed by atoms with van der Waals surface area (Å²) in [7, 11) is 0. The van der Waals surface area contributed by atoms with Gasteiger partial charge < -0.3 is 14.6 Å². The van der Waals surface area contributed by atoms with Gasteiger partial charge in [-0.3, -0.25) is 0 Å². The Hall–Kier alpha value is -3.18. The topological polar surface area (TPSA) is 72.8 Å². The Labute approximate surface area is 265 Å². The Morgan fingerprint density at radius 2 is 1.59 bits per heavy atom. The molecule has 3 rings (SSSR count). The number of aliphatic hydroxyl groups is 1. The molecule has 0 bridgehead atoms. The highest BCUT2D eigenvalue weighted by Gasteiger charge is 2.22. The number of aliphatic hydroxyl groups excluding tert-OH is 1. The molecule has 1 fully saturated rings. The van der Waals surface area contributed by atoms with Crippen LogP contribution in [0.1, 0.15) is 108 Å². The maximum absolute atomic E-state index is 12.2. The van der Waals surface area contributed by atoms with E-state index in [2.05, 4.69) is 69.5 Å². The molecule has 1 aliphatic rings. The zero-order valence-corrected chi connectivity index (χ0v) is 27.5. The lowest BCUT2D eigenvalue weighted by atomic mass is 9.77. The maximum atomic E-state index is 12.2. The molecule has 1 saturated carbocycles. The third kappa shape index (κ3) is 10.8. The Bertz CT molecular complexity index is 1230. The molecular formula is C39H54O5. The Balaban J connectivity index is 1.62. The first kappa shape index (κ1) is 35.3. The van der Waals surface area contributed by atoms with E-state index < -0.39 is 18.0 Å². The first-order valence-electron chi connectivity index (χ1n) is 16.7. The predicted molar refractivity (Wildman–Crippen MR) is 179 cm³/mol. The van der Waals surface area contributed by atoms with Crippen LogP contribution in [0.25, 0.3) is 11.1 Å². The third-order valence-corrected chi connectivity index (χ3v) is 9.16. The van der Waals surface area contributed by atoms with Crippen molar-refractivity contribution in [1.29, 1.82) is 0 Å². The summed E-state index contributed by atoms with van der Waals surface area (Å²) in [5.74, 6) is 0.303. The van der Waals surface area contributed by atoms with E-state index in [0.717, 1.165) is 18.8 Å². The number of hydrogen-bond donors (Lipinski definition) is 1.